The van der Waals surface area contributed by atoms with Crippen LogP contribution in [0.3, 0.4) is 0 Å². The number of benzene rings is 7. The van der Waals surface area contributed by atoms with Crippen LogP contribution < -0.4 is 4.90 Å². The minimum absolute atomic E-state index is 0.153. The van der Waals surface area contributed by atoms with E-state index >= 15 is 0 Å². The van der Waals surface area contributed by atoms with Crippen molar-refractivity contribution in [3.8, 4) is 22.3 Å². The Bertz CT molecular complexity index is 3160. The fraction of sp³-hybridized carbons (Fsp3) is 0.0943. The fourth-order valence-electron chi connectivity index (χ4n) is 9.05. The molecule has 3 aromatic heterocycles. The first-order valence-electron chi connectivity index (χ1n) is 19.9. The summed E-state index contributed by atoms with van der Waals surface area (Å²) in [4.78, 5) is 2.54. The number of rotatable bonds is 7. The van der Waals surface area contributed by atoms with E-state index in [0.717, 1.165) is 91.2 Å². The number of fused-ring (bicyclic) bond motifs is 9. The van der Waals surface area contributed by atoms with Gasteiger partial charge in [0.2, 0.25) is 0 Å². The van der Waals surface area contributed by atoms with Crippen LogP contribution in [-0.2, 0) is 0 Å². The SMILES string of the molecule is C/C=C\c1cc2ccc3oc4cc(N(c5ccccc5-c5ccccc5)C5CC=C(c6ccc(-c7ccccc7)cc6)CC5)c5oc6ccccc6c5c4c3c2o1. The smallest absolute Gasteiger partial charge is 0.159 e. The third-order valence-corrected chi connectivity index (χ3v) is 11.7. The van der Waals surface area contributed by atoms with Crippen LogP contribution in [0.1, 0.15) is 37.5 Å². The van der Waals surface area contributed by atoms with Crippen molar-refractivity contribution < 1.29 is 13.3 Å². The number of hydrogen-bond acceptors (Lipinski definition) is 4. The van der Waals surface area contributed by atoms with E-state index < -0.39 is 0 Å². The first-order chi connectivity index (χ1) is 28.2. The van der Waals surface area contributed by atoms with Crippen molar-refractivity contribution in [3.05, 3.63) is 181 Å². The van der Waals surface area contributed by atoms with Crippen LogP contribution in [0.4, 0.5) is 11.4 Å². The normalized spacial score (nSPS) is 14.8. The summed E-state index contributed by atoms with van der Waals surface area (Å²) in [5.41, 5.74) is 13.7. The second kappa shape index (κ2) is 13.6. The lowest BCUT2D eigenvalue weighted by Crippen LogP contribution is -2.33. The van der Waals surface area contributed by atoms with Crippen LogP contribution in [-0.4, -0.2) is 6.04 Å². The molecule has 0 spiro atoms. The largest absolute Gasteiger partial charge is 0.456 e. The number of para-hydroxylation sites is 2. The van der Waals surface area contributed by atoms with Crippen molar-refractivity contribution in [2.24, 2.45) is 0 Å². The maximum atomic E-state index is 7.00. The molecule has 0 saturated carbocycles. The van der Waals surface area contributed by atoms with Gasteiger partial charge in [-0.3, -0.25) is 0 Å². The summed E-state index contributed by atoms with van der Waals surface area (Å²) in [7, 11) is 0. The molecule has 57 heavy (non-hydrogen) atoms. The van der Waals surface area contributed by atoms with Crippen molar-refractivity contribution in [2.75, 3.05) is 4.90 Å². The van der Waals surface area contributed by atoms with Crippen LogP contribution in [0.2, 0.25) is 0 Å². The highest BCUT2D eigenvalue weighted by atomic mass is 16.4. The van der Waals surface area contributed by atoms with Gasteiger partial charge in [-0.15, -0.1) is 0 Å². The third-order valence-electron chi connectivity index (χ3n) is 11.7. The molecule has 0 saturated heterocycles. The Balaban J connectivity index is 1.12. The topological polar surface area (TPSA) is 42.7 Å². The van der Waals surface area contributed by atoms with E-state index in [1.165, 1.54) is 33.4 Å². The summed E-state index contributed by atoms with van der Waals surface area (Å²) >= 11 is 0. The van der Waals surface area contributed by atoms with Crippen LogP contribution in [0, 0.1) is 0 Å². The number of nitrogens with zero attached hydrogens (tertiary/aromatic N) is 1. The van der Waals surface area contributed by atoms with Crippen molar-refractivity contribution in [1.82, 2.24) is 0 Å². The van der Waals surface area contributed by atoms with Gasteiger partial charge in [0.1, 0.15) is 28.1 Å². The lowest BCUT2D eigenvalue weighted by atomic mass is 9.88. The monoisotopic (exact) mass is 737 g/mol. The summed E-state index contributed by atoms with van der Waals surface area (Å²) in [6, 6.07) is 56.1. The molecule has 4 heteroatoms. The van der Waals surface area contributed by atoms with Gasteiger partial charge in [-0.2, -0.15) is 0 Å². The standard InChI is InChI=1S/C53H39NO3/c1-2-13-41-32-39-28-31-47-51(52(39)55-41)50-48(56-47)33-45(53-49(50)43-19-10-12-21-46(43)57-53)54(44-20-11-9-18-42(44)38-16-7-4-8-17-38)40-29-26-37(27-30-40)36-24-22-35(23-25-36)34-14-5-3-6-15-34/h2-26,28,31-33,40H,27,29-30H2,1H3/b13-2-. The molecule has 0 amide bonds. The molecule has 4 nitrogen and oxygen atoms in total. The van der Waals surface area contributed by atoms with Crippen LogP contribution in [0.15, 0.2) is 183 Å². The Kier molecular flexibility index (Phi) is 7.95. The molecule has 0 fully saturated rings. The van der Waals surface area contributed by atoms with Gasteiger partial charge < -0.3 is 18.2 Å². The van der Waals surface area contributed by atoms with Gasteiger partial charge in [0.15, 0.2) is 5.58 Å². The molecule has 11 rings (SSSR count). The van der Waals surface area contributed by atoms with Crippen molar-refractivity contribution in [1.29, 1.82) is 0 Å². The minimum Gasteiger partial charge on any atom is -0.456 e. The van der Waals surface area contributed by atoms with Gasteiger partial charge in [0.05, 0.1) is 11.1 Å². The van der Waals surface area contributed by atoms with E-state index in [2.05, 4.69) is 163 Å². The summed E-state index contributed by atoms with van der Waals surface area (Å²) in [6.07, 6.45) is 9.26. The van der Waals surface area contributed by atoms with Crippen molar-refractivity contribution >= 4 is 77.9 Å². The van der Waals surface area contributed by atoms with E-state index in [9.17, 15) is 0 Å². The predicted molar refractivity (Wildman–Crippen MR) is 237 cm³/mol. The Hall–Kier alpha value is -7.04. The molecule has 0 bridgehead atoms. The van der Waals surface area contributed by atoms with E-state index in [1.54, 1.807) is 0 Å². The number of furan rings is 3. The van der Waals surface area contributed by atoms with Gasteiger partial charge in [0.25, 0.3) is 0 Å². The third kappa shape index (κ3) is 5.59. The Morgan fingerprint density at radius 1 is 0.544 bits per heavy atom. The van der Waals surface area contributed by atoms with Crippen molar-refractivity contribution in [2.45, 2.75) is 32.2 Å². The first-order valence-corrected chi connectivity index (χ1v) is 19.9. The van der Waals surface area contributed by atoms with Gasteiger partial charge in [-0.1, -0.05) is 133 Å². The van der Waals surface area contributed by atoms with Crippen LogP contribution in [0.25, 0.3) is 88.7 Å². The van der Waals surface area contributed by atoms with Gasteiger partial charge >= 0.3 is 0 Å². The molecular weight excluding hydrogens is 699 g/mol. The molecule has 1 aliphatic carbocycles. The molecule has 7 aromatic carbocycles. The van der Waals surface area contributed by atoms with Gasteiger partial charge in [-0.05, 0) is 90.4 Å². The zero-order valence-corrected chi connectivity index (χ0v) is 31.6. The molecule has 1 atom stereocenters. The second-order valence-electron chi connectivity index (χ2n) is 15.0. The minimum atomic E-state index is 0.153. The molecule has 0 radical (unpaired) electrons. The highest BCUT2D eigenvalue weighted by molar-refractivity contribution is 6.32. The molecule has 0 N–H and O–H groups in total. The number of hydrogen-bond donors (Lipinski definition) is 0. The second-order valence-corrected chi connectivity index (χ2v) is 15.0. The van der Waals surface area contributed by atoms with E-state index in [-0.39, 0.29) is 6.04 Å². The summed E-state index contributed by atoms with van der Waals surface area (Å²) < 4.78 is 20.4. The zero-order chi connectivity index (χ0) is 37.9. The predicted octanol–water partition coefficient (Wildman–Crippen LogP) is 15.4. The molecule has 3 heterocycles. The highest BCUT2D eigenvalue weighted by Gasteiger charge is 2.31. The van der Waals surface area contributed by atoms with Crippen LogP contribution >= 0.6 is 0 Å². The molecule has 0 aliphatic heterocycles. The summed E-state index contributed by atoms with van der Waals surface area (Å²) in [5.74, 6) is 0.819. The maximum Gasteiger partial charge on any atom is 0.159 e. The van der Waals surface area contributed by atoms with E-state index in [1.807, 2.05) is 25.1 Å². The molecule has 10 aromatic rings. The van der Waals surface area contributed by atoms with Gasteiger partial charge in [0, 0.05) is 44.9 Å². The molecule has 1 aliphatic rings. The number of anilines is 2. The van der Waals surface area contributed by atoms with Crippen LogP contribution in [0.5, 0.6) is 0 Å². The van der Waals surface area contributed by atoms with Gasteiger partial charge in [-0.25, -0.2) is 0 Å². The van der Waals surface area contributed by atoms with E-state index in [4.69, 9.17) is 13.3 Å². The Morgan fingerprint density at radius 2 is 1.26 bits per heavy atom. The Labute approximate surface area is 330 Å². The maximum absolute atomic E-state index is 7.00. The molecule has 274 valence electrons. The van der Waals surface area contributed by atoms with E-state index in [0.29, 0.717) is 0 Å². The first kappa shape index (κ1) is 33.3. The number of allylic oxidation sites excluding steroid dienone is 2. The Morgan fingerprint density at radius 3 is 2.05 bits per heavy atom. The zero-order valence-electron chi connectivity index (χ0n) is 31.6. The molecular formula is C53H39NO3. The summed E-state index contributed by atoms with van der Waals surface area (Å²) in [5, 5.41) is 5.13. The quantitative estimate of drug-likeness (QED) is 0.163. The highest BCUT2D eigenvalue weighted by Crippen LogP contribution is 2.50. The summed E-state index contributed by atoms with van der Waals surface area (Å²) in [6.45, 7) is 2.01. The van der Waals surface area contributed by atoms with Crippen molar-refractivity contribution in [3.63, 3.8) is 0 Å². The fourth-order valence-corrected chi connectivity index (χ4v) is 9.05. The lowest BCUT2D eigenvalue weighted by molar-refractivity contribution is 0.593. The average Bonchev–Trinajstić information content (AvgIpc) is 3.98. The lowest BCUT2D eigenvalue weighted by Gasteiger charge is -2.37. The molecule has 1 unspecified atom stereocenters. The average molecular weight is 738 g/mol.